The van der Waals surface area contributed by atoms with E-state index in [4.69, 9.17) is 17.0 Å². The molecule has 20 heavy (non-hydrogen) atoms. The van der Waals surface area contributed by atoms with Crippen molar-refractivity contribution in [2.45, 2.75) is 26.8 Å². The second-order valence-corrected chi connectivity index (χ2v) is 5.01. The number of nitrogens with one attached hydrogen (secondary N) is 2. The lowest BCUT2D eigenvalue weighted by atomic mass is 9.92. The molecule has 0 radical (unpaired) electrons. The maximum atomic E-state index is 11.9. The van der Waals surface area contributed by atoms with Crippen molar-refractivity contribution in [1.29, 1.82) is 0 Å². The van der Waals surface area contributed by atoms with E-state index in [-0.39, 0.29) is 11.8 Å². The van der Waals surface area contributed by atoms with Gasteiger partial charge in [0.05, 0.1) is 12.6 Å². The first-order valence-electron chi connectivity index (χ1n) is 6.55. The van der Waals surface area contributed by atoms with Gasteiger partial charge in [0.2, 0.25) is 0 Å². The minimum Gasteiger partial charge on any atom is -0.494 e. The molecule has 0 amide bonds. The van der Waals surface area contributed by atoms with Gasteiger partial charge in [-0.1, -0.05) is 18.2 Å². The Morgan fingerprint density at radius 3 is 2.75 bits per heavy atom. The van der Waals surface area contributed by atoms with Crippen LogP contribution in [0.15, 0.2) is 35.5 Å². The van der Waals surface area contributed by atoms with Gasteiger partial charge in [0.25, 0.3) is 0 Å². The van der Waals surface area contributed by atoms with Crippen molar-refractivity contribution in [2.24, 2.45) is 0 Å². The lowest BCUT2D eigenvalue weighted by Gasteiger charge is -2.30. The van der Waals surface area contributed by atoms with Crippen LogP contribution in [0.3, 0.4) is 0 Å². The lowest BCUT2D eigenvalue weighted by molar-refractivity contribution is -0.114. The van der Waals surface area contributed by atoms with E-state index in [0.717, 1.165) is 17.0 Å². The van der Waals surface area contributed by atoms with Gasteiger partial charge in [0, 0.05) is 16.8 Å². The summed E-state index contributed by atoms with van der Waals surface area (Å²) in [7, 11) is 0. The fraction of sp³-hybridized carbons (Fsp3) is 0.333. The van der Waals surface area contributed by atoms with Crippen LogP contribution in [0.25, 0.3) is 0 Å². The Kier molecular flexibility index (Phi) is 4.39. The summed E-state index contributed by atoms with van der Waals surface area (Å²) in [6.45, 7) is 5.93. The van der Waals surface area contributed by atoms with Crippen molar-refractivity contribution >= 4 is 23.1 Å². The van der Waals surface area contributed by atoms with Crippen LogP contribution in [0.4, 0.5) is 0 Å². The summed E-state index contributed by atoms with van der Waals surface area (Å²) < 4.78 is 5.65. The fourth-order valence-electron chi connectivity index (χ4n) is 2.40. The first-order chi connectivity index (χ1) is 9.54. The van der Waals surface area contributed by atoms with E-state index in [1.165, 1.54) is 0 Å². The number of thiocarbonyl (C=S) groups is 1. The molecule has 1 atom stereocenters. The zero-order valence-electron chi connectivity index (χ0n) is 11.8. The highest BCUT2D eigenvalue weighted by atomic mass is 32.1. The Hall–Kier alpha value is -1.88. The molecule has 0 bridgehead atoms. The van der Waals surface area contributed by atoms with E-state index < -0.39 is 0 Å². The summed E-state index contributed by atoms with van der Waals surface area (Å²) in [5, 5.41) is 6.67. The third-order valence-corrected chi connectivity index (χ3v) is 3.40. The standard InChI is InChI=1S/C15H18N2O2S/c1-4-19-12-8-6-5-7-11(12)14-13(10(3)18)9(2)16-15(20)17-14/h5-8,14H,4H2,1-3H3,(H2,16,17,20)/t14-/m0/s1. The van der Waals surface area contributed by atoms with Crippen LogP contribution in [0.2, 0.25) is 0 Å². The quantitative estimate of drug-likeness (QED) is 0.834. The molecular formula is C15H18N2O2S. The smallest absolute Gasteiger partial charge is 0.171 e. The number of hydrogen-bond acceptors (Lipinski definition) is 3. The van der Waals surface area contributed by atoms with E-state index in [2.05, 4.69) is 10.6 Å². The lowest BCUT2D eigenvalue weighted by Crippen LogP contribution is -2.44. The Morgan fingerprint density at radius 2 is 2.10 bits per heavy atom. The third kappa shape index (κ3) is 2.82. The van der Waals surface area contributed by atoms with Gasteiger partial charge in [-0.15, -0.1) is 0 Å². The number of hydrogen-bond donors (Lipinski definition) is 2. The van der Waals surface area contributed by atoms with Crippen molar-refractivity contribution in [3.05, 3.63) is 41.1 Å². The molecule has 0 fully saturated rings. The van der Waals surface area contributed by atoms with Crippen molar-refractivity contribution in [2.75, 3.05) is 6.61 Å². The van der Waals surface area contributed by atoms with Gasteiger partial charge in [-0.2, -0.15) is 0 Å². The normalized spacial score (nSPS) is 18.4. The number of rotatable bonds is 4. The molecule has 1 aliphatic rings. The van der Waals surface area contributed by atoms with E-state index in [1.807, 2.05) is 38.1 Å². The van der Waals surface area contributed by atoms with Gasteiger partial charge in [-0.25, -0.2) is 0 Å². The molecule has 0 unspecified atom stereocenters. The predicted molar refractivity (Wildman–Crippen MR) is 82.6 cm³/mol. The minimum absolute atomic E-state index is 0.0151. The number of allylic oxidation sites excluding steroid dienone is 1. The van der Waals surface area contributed by atoms with Crippen LogP contribution >= 0.6 is 12.2 Å². The summed E-state index contributed by atoms with van der Waals surface area (Å²) in [5.41, 5.74) is 2.39. The largest absolute Gasteiger partial charge is 0.494 e. The second-order valence-electron chi connectivity index (χ2n) is 4.60. The summed E-state index contributed by atoms with van der Waals surface area (Å²) in [6.07, 6.45) is 0. The third-order valence-electron chi connectivity index (χ3n) is 3.18. The maximum Gasteiger partial charge on any atom is 0.171 e. The highest BCUT2D eigenvalue weighted by Crippen LogP contribution is 2.33. The van der Waals surface area contributed by atoms with E-state index in [0.29, 0.717) is 17.3 Å². The summed E-state index contributed by atoms with van der Waals surface area (Å²) in [4.78, 5) is 11.9. The monoisotopic (exact) mass is 290 g/mol. The number of para-hydroxylation sites is 1. The van der Waals surface area contributed by atoms with Gasteiger partial charge >= 0.3 is 0 Å². The molecule has 2 rings (SSSR count). The number of carbonyl (C=O) groups is 1. The molecule has 1 aromatic rings. The molecule has 0 saturated heterocycles. The minimum atomic E-state index is -0.274. The number of ketones is 1. The Balaban J connectivity index is 2.51. The summed E-state index contributed by atoms with van der Waals surface area (Å²) >= 11 is 5.20. The summed E-state index contributed by atoms with van der Waals surface area (Å²) in [6, 6.07) is 7.42. The average molecular weight is 290 g/mol. The van der Waals surface area contributed by atoms with Gasteiger partial charge in [-0.3, -0.25) is 4.79 Å². The first-order valence-corrected chi connectivity index (χ1v) is 6.96. The molecule has 1 aromatic carbocycles. The van der Waals surface area contributed by atoms with Crippen LogP contribution in [-0.4, -0.2) is 17.5 Å². The highest BCUT2D eigenvalue weighted by Gasteiger charge is 2.29. The van der Waals surface area contributed by atoms with E-state index in [1.54, 1.807) is 6.92 Å². The molecule has 5 heteroatoms. The Bertz CT molecular complexity index is 581. The molecule has 4 nitrogen and oxygen atoms in total. The topological polar surface area (TPSA) is 50.4 Å². The van der Waals surface area contributed by atoms with Gasteiger partial charge < -0.3 is 15.4 Å². The predicted octanol–water partition coefficient (Wildman–Crippen LogP) is 2.47. The van der Waals surface area contributed by atoms with Crippen LogP contribution in [0, 0.1) is 0 Å². The van der Waals surface area contributed by atoms with Crippen molar-refractivity contribution in [3.8, 4) is 5.75 Å². The molecule has 0 aliphatic carbocycles. The Labute approximate surface area is 124 Å². The van der Waals surface area contributed by atoms with Crippen molar-refractivity contribution in [3.63, 3.8) is 0 Å². The van der Waals surface area contributed by atoms with Crippen LogP contribution in [0.5, 0.6) is 5.75 Å². The van der Waals surface area contributed by atoms with Crippen LogP contribution < -0.4 is 15.4 Å². The highest BCUT2D eigenvalue weighted by molar-refractivity contribution is 7.80. The molecule has 0 aromatic heterocycles. The Morgan fingerprint density at radius 1 is 1.40 bits per heavy atom. The molecule has 106 valence electrons. The SMILES string of the molecule is CCOc1ccccc1[C@@H]1NC(=S)NC(C)=C1C(C)=O. The molecule has 0 saturated carbocycles. The van der Waals surface area contributed by atoms with Gasteiger partial charge in [-0.05, 0) is 39.1 Å². The second kappa shape index (κ2) is 6.05. The number of benzene rings is 1. The van der Waals surface area contributed by atoms with Gasteiger partial charge in [0.1, 0.15) is 5.75 Å². The van der Waals surface area contributed by atoms with E-state index >= 15 is 0 Å². The number of Topliss-reactive ketones (excluding diaryl/α,β-unsaturated/α-hetero) is 1. The first kappa shape index (κ1) is 14.5. The molecule has 2 N–H and O–H groups in total. The van der Waals surface area contributed by atoms with E-state index in [9.17, 15) is 4.79 Å². The fourth-order valence-corrected chi connectivity index (χ4v) is 2.67. The maximum absolute atomic E-state index is 11.9. The summed E-state index contributed by atoms with van der Waals surface area (Å²) in [5.74, 6) is 0.782. The molecule has 1 heterocycles. The number of carbonyl (C=O) groups excluding carboxylic acids is 1. The van der Waals surface area contributed by atoms with Crippen molar-refractivity contribution < 1.29 is 9.53 Å². The van der Waals surface area contributed by atoms with Gasteiger partial charge in [0.15, 0.2) is 10.9 Å². The molecule has 0 spiro atoms. The van der Waals surface area contributed by atoms with Crippen molar-refractivity contribution in [1.82, 2.24) is 10.6 Å². The molecule has 1 aliphatic heterocycles. The molecular weight excluding hydrogens is 272 g/mol. The zero-order valence-corrected chi connectivity index (χ0v) is 12.6. The zero-order chi connectivity index (χ0) is 14.7. The average Bonchev–Trinajstić information content (AvgIpc) is 2.38. The van der Waals surface area contributed by atoms with Crippen LogP contribution in [0.1, 0.15) is 32.4 Å². The number of ether oxygens (including phenoxy) is 1. The van der Waals surface area contributed by atoms with Crippen LogP contribution in [-0.2, 0) is 4.79 Å².